The number of benzene rings is 2. The molecule has 0 heterocycles. The Morgan fingerprint density at radius 3 is 2.42 bits per heavy atom. The molecule has 0 fully saturated rings. The summed E-state index contributed by atoms with van der Waals surface area (Å²) < 4.78 is 6.48. The van der Waals surface area contributed by atoms with E-state index in [-0.39, 0.29) is 18.4 Å². The van der Waals surface area contributed by atoms with Crippen molar-refractivity contribution >= 4 is 39.1 Å². The molecule has 0 unspecified atom stereocenters. The number of rotatable bonds is 5. The summed E-state index contributed by atoms with van der Waals surface area (Å²) in [6, 6.07) is 12.6. The summed E-state index contributed by atoms with van der Waals surface area (Å²) in [6.45, 7) is 3.38. The fourth-order valence-corrected chi connectivity index (χ4v) is 2.25. The molecule has 5 nitrogen and oxygen atoms in total. The second kappa shape index (κ2) is 7.97. The Balaban J connectivity index is 1.90. The van der Waals surface area contributed by atoms with Gasteiger partial charge in [-0.25, -0.2) is 0 Å². The first-order chi connectivity index (χ1) is 11.4. The van der Waals surface area contributed by atoms with E-state index in [2.05, 4.69) is 21.2 Å². The molecular formula is C18H19BrN2O3. The van der Waals surface area contributed by atoms with Gasteiger partial charge in [0.2, 0.25) is 5.91 Å². The number of anilines is 2. The molecule has 0 aliphatic rings. The van der Waals surface area contributed by atoms with E-state index in [1.54, 1.807) is 37.4 Å². The molecule has 6 heteroatoms. The Morgan fingerprint density at radius 2 is 1.83 bits per heavy atom. The Labute approximate surface area is 149 Å². The van der Waals surface area contributed by atoms with Gasteiger partial charge in [-0.05, 0) is 55.0 Å². The van der Waals surface area contributed by atoms with Crippen LogP contribution in [-0.2, 0) is 9.59 Å². The molecule has 2 aromatic carbocycles. The van der Waals surface area contributed by atoms with Crippen LogP contribution in [0.4, 0.5) is 11.4 Å². The average molecular weight is 391 g/mol. The van der Waals surface area contributed by atoms with E-state index in [0.717, 1.165) is 15.7 Å². The molecular weight excluding hydrogens is 372 g/mol. The third kappa shape index (κ3) is 4.83. The highest BCUT2D eigenvalue weighted by Gasteiger charge is 2.07. The molecule has 0 aromatic heterocycles. The number of nitrogens with zero attached hydrogens (tertiary/aromatic N) is 1. The van der Waals surface area contributed by atoms with Crippen LogP contribution in [0.1, 0.15) is 12.5 Å². The van der Waals surface area contributed by atoms with Crippen molar-refractivity contribution in [2.75, 3.05) is 23.9 Å². The van der Waals surface area contributed by atoms with Crippen molar-refractivity contribution in [1.29, 1.82) is 0 Å². The van der Waals surface area contributed by atoms with E-state index in [1.807, 2.05) is 19.1 Å². The number of nitrogens with one attached hydrogen (secondary N) is 1. The summed E-state index contributed by atoms with van der Waals surface area (Å²) >= 11 is 3.42. The number of hydrogen-bond acceptors (Lipinski definition) is 3. The van der Waals surface area contributed by atoms with Crippen LogP contribution < -0.4 is 15.0 Å². The molecule has 0 aliphatic carbocycles. The number of carbonyl (C=O) groups excluding carboxylic acids is 2. The first-order valence-corrected chi connectivity index (χ1v) is 8.19. The summed E-state index contributed by atoms with van der Waals surface area (Å²) in [7, 11) is 1.70. The average Bonchev–Trinajstić information content (AvgIpc) is 2.56. The quantitative estimate of drug-likeness (QED) is 0.845. The van der Waals surface area contributed by atoms with E-state index in [1.165, 1.54) is 11.8 Å². The molecule has 126 valence electrons. The van der Waals surface area contributed by atoms with Crippen LogP contribution in [0.5, 0.6) is 5.75 Å². The number of ether oxygens (including phenoxy) is 1. The second-order valence-electron chi connectivity index (χ2n) is 5.37. The SMILES string of the molecule is CC(=O)N(C)c1ccc(NC(=O)COc2ccc(Br)c(C)c2)cc1. The highest BCUT2D eigenvalue weighted by atomic mass is 79.9. The number of amides is 2. The molecule has 0 saturated carbocycles. The third-order valence-electron chi connectivity index (χ3n) is 3.51. The van der Waals surface area contributed by atoms with Gasteiger partial charge in [-0.1, -0.05) is 15.9 Å². The molecule has 0 atom stereocenters. The number of aryl methyl sites for hydroxylation is 1. The van der Waals surface area contributed by atoms with Crippen LogP contribution in [0.15, 0.2) is 46.9 Å². The van der Waals surface area contributed by atoms with Crippen molar-refractivity contribution in [3.63, 3.8) is 0 Å². The van der Waals surface area contributed by atoms with E-state index < -0.39 is 0 Å². The Hall–Kier alpha value is -2.34. The van der Waals surface area contributed by atoms with Gasteiger partial charge < -0.3 is 15.0 Å². The van der Waals surface area contributed by atoms with Gasteiger partial charge in [0.15, 0.2) is 6.61 Å². The molecule has 0 radical (unpaired) electrons. The zero-order valence-electron chi connectivity index (χ0n) is 13.8. The summed E-state index contributed by atoms with van der Waals surface area (Å²) in [5, 5.41) is 2.76. The lowest BCUT2D eigenvalue weighted by Gasteiger charge is -2.15. The molecule has 0 aliphatic heterocycles. The minimum Gasteiger partial charge on any atom is -0.484 e. The topological polar surface area (TPSA) is 58.6 Å². The zero-order chi connectivity index (χ0) is 17.7. The van der Waals surface area contributed by atoms with Crippen LogP contribution >= 0.6 is 15.9 Å². The lowest BCUT2D eigenvalue weighted by atomic mass is 10.2. The second-order valence-corrected chi connectivity index (χ2v) is 6.23. The lowest BCUT2D eigenvalue weighted by molar-refractivity contribution is -0.118. The minimum atomic E-state index is -0.247. The Kier molecular flexibility index (Phi) is 5.98. The first-order valence-electron chi connectivity index (χ1n) is 7.40. The molecule has 0 spiro atoms. The Morgan fingerprint density at radius 1 is 1.17 bits per heavy atom. The van der Waals surface area contributed by atoms with E-state index >= 15 is 0 Å². The van der Waals surface area contributed by atoms with Crippen LogP contribution in [0.3, 0.4) is 0 Å². The lowest BCUT2D eigenvalue weighted by Crippen LogP contribution is -2.23. The van der Waals surface area contributed by atoms with Crippen molar-refractivity contribution in [2.24, 2.45) is 0 Å². The van der Waals surface area contributed by atoms with Crippen LogP contribution in [0.25, 0.3) is 0 Å². The van der Waals surface area contributed by atoms with E-state index in [9.17, 15) is 9.59 Å². The number of carbonyl (C=O) groups is 2. The maximum absolute atomic E-state index is 12.0. The van der Waals surface area contributed by atoms with Crippen molar-refractivity contribution < 1.29 is 14.3 Å². The normalized spacial score (nSPS) is 10.2. The zero-order valence-corrected chi connectivity index (χ0v) is 15.4. The fourth-order valence-electron chi connectivity index (χ4n) is 2.00. The molecule has 2 rings (SSSR count). The number of hydrogen-bond donors (Lipinski definition) is 1. The largest absolute Gasteiger partial charge is 0.484 e. The predicted molar refractivity (Wildman–Crippen MR) is 98.5 cm³/mol. The highest BCUT2D eigenvalue weighted by molar-refractivity contribution is 9.10. The molecule has 24 heavy (non-hydrogen) atoms. The summed E-state index contributed by atoms with van der Waals surface area (Å²) in [4.78, 5) is 24.8. The van der Waals surface area contributed by atoms with Crippen molar-refractivity contribution in [3.05, 3.63) is 52.5 Å². The van der Waals surface area contributed by atoms with Gasteiger partial charge in [0.05, 0.1) is 0 Å². The molecule has 0 saturated heterocycles. The molecule has 2 aromatic rings. The van der Waals surface area contributed by atoms with Gasteiger partial charge in [0, 0.05) is 29.8 Å². The van der Waals surface area contributed by atoms with Gasteiger partial charge in [-0.15, -0.1) is 0 Å². The van der Waals surface area contributed by atoms with Gasteiger partial charge in [0.25, 0.3) is 5.91 Å². The van der Waals surface area contributed by atoms with Crippen LogP contribution in [0.2, 0.25) is 0 Å². The van der Waals surface area contributed by atoms with Crippen LogP contribution in [-0.4, -0.2) is 25.5 Å². The molecule has 0 bridgehead atoms. The van der Waals surface area contributed by atoms with E-state index in [0.29, 0.717) is 11.4 Å². The summed E-state index contributed by atoms with van der Waals surface area (Å²) in [5.41, 5.74) is 2.46. The van der Waals surface area contributed by atoms with Gasteiger partial charge in [-0.3, -0.25) is 9.59 Å². The molecule has 2 amide bonds. The van der Waals surface area contributed by atoms with Gasteiger partial charge in [-0.2, -0.15) is 0 Å². The fraction of sp³-hybridized carbons (Fsp3) is 0.222. The van der Waals surface area contributed by atoms with Crippen LogP contribution in [0, 0.1) is 6.92 Å². The summed E-state index contributed by atoms with van der Waals surface area (Å²) in [5.74, 6) is 0.345. The smallest absolute Gasteiger partial charge is 0.262 e. The standard InChI is InChI=1S/C18H19BrN2O3/c1-12-10-16(8-9-17(12)19)24-11-18(23)20-14-4-6-15(7-5-14)21(3)13(2)22/h4-10H,11H2,1-3H3,(H,20,23). The van der Waals surface area contributed by atoms with Gasteiger partial charge in [0.1, 0.15) is 5.75 Å². The third-order valence-corrected chi connectivity index (χ3v) is 4.40. The molecule has 1 N–H and O–H groups in total. The van der Waals surface area contributed by atoms with E-state index in [4.69, 9.17) is 4.74 Å². The maximum atomic E-state index is 12.0. The van der Waals surface area contributed by atoms with Gasteiger partial charge >= 0.3 is 0 Å². The predicted octanol–water partition coefficient (Wildman–Crippen LogP) is 3.76. The monoisotopic (exact) mass is 390 g/mol. The first kappa shape index (κ1) is 18.0. The van der Waals surface area contributed by atoms with Crippen molar-refractivity contribution in [2.45, 2.75) is 13.8 Å². The maximum Gasteiger partial charge on any atom is 0.262 e. The Bertz CT molecular complexity index is 744. The summed E-state index contributed by atoms with van der Waals surface area (Å²) in [6.07, 6.45) is 0. The van der Waals surface area contributed by atoms with Crippen molar-refractivity contribution in [3.8, 4) is 5.75 Å². The highest BCUT2D eigenvalue weighted by Crippen LogP contribution is 2.21. The van der Waals surface area contributed by atoms with Crippen molar-refractivity contribution in [1.82, 2.24) is 0 Å². The number of halogens is 1. The minimum absolute atomic E-state index is 0.0509.